The van der Waals surface area contributed by atoms with Gasteiger partial charge in [-0.15, -0.1) is 0 Å². The lowest BCUT2D eigenvalue weighted by Crippen LogP contribution is -2.69. The molecule has 2 aliphatic carbocycles. The summed E-state index contributed by atoms with van der Waals surface area (Å²) < 4.78 is 6.16. The van der Waals surface area contributed by atoms with Gasteiger partial charge < -0.3 is 20.3 Å². The third kappa shape index (κ3) is 3.57. The molecule has 6 heteroatoms. The number of aryl methyl sites for hydroxylation is 1. The van der Waals surface area contributed by atoms with E-state index in [9.17, 15) is 0 Å². The molecule has 1 spiro atoms. The second kappa shape index (κ2) is 8.37. The number of rotatable bonds is 4. The summed E-state index contributed by atoms with van der Waals surface area (Å²) in [6.45, 7) is 8.02. The van der Waals surface area contributed by atoms with E-state index in [0.717, 1.165) is 56.6 Å². The van der Waals surface area contributed by atoms with E-state index >= 15 is 0 Å². The van der Waals surface area contributed by atoms with Gasteiger partial charge in [0, 0.05) is 55.4 Å². The SMILES string of the molecule is CCN=C(NC1CCN(c2cccc(C)n2)CC1)NC1C2CCOC2C12CCCC2. The van der Waals surface area contributed by atoms with Crippen molar-refractivity contribution >= 4 is 11.8 Å². The number of nitrogens with zero attached hydrogens (tertiary/aromatic N) is 3. The molecule has 2 saturated heterocycles. The molecular weight excluding hydrogens is 374 g/mol. The topological polar surface area (TPSA) is 61.8 Å². The van der Waals surface area contributed by atoms with Gasteiger partial charge in [0.25, 0.3) is 0 Å². The summed E-state index contributed by atoms with van der Waals surface area (Å²) in [5, 5.41) is 7.67. The van der Waals surface area contributed by atoms with Crippen molar-refractivity contribution in [2.75, 3.05) is 31.1 Å². The van der Waals surface area contributed by atoms with Gasteiger partial charge in [0.2, 0.25) is 0 Å². The molecule has 1 aromatic heterocycles. The molecule has 4 aliphatic rings. The van der Waals surface area contributed by atoms with Gasteiger partial charge in [-0.1, -0.05) is 18.9 Å². The zero-order valence-corrected chi connectivity index (χ0v) is 18.6. The van der Waals surface area contributed by atoms with Crippen LogP contribution in [0.1, 0.15) is 57.6 Å². The van der Waals surface area contributed by atoms with E-state index in [4.69, 9.17) is 14.7 Å². The van der Waals surface area contributed by atoms with Gasteiger partial charge in [0.05, 0.1) is 6.10 Å². The summed E-state index contributed by atoms with van der Waals surface area (Å²) in [6, 6.07) is 7.30. The predicted octanol–water partition coefficient (Wildman–Crippen LogP) is 3.26. The molecule has 6 nitrogen and oxygen atoms in total. The van der Waals surface area contributed by atoms with Gasteiger partial charge in [0.1, 0.15) is 5.82 Å². The van der Waals surface area contributed by atoms with Gasteiger partial charge in [-0.2, -0.15) is 0 Å². The molecule has 2 aliphatic heterocycles. The first-order chi connectivity index (χ1) is 14.7. The highest BCUT2D eigenvalue weighted by atomic mass is 16.5. The number of guanidine groups is 1. The number of piperidine rings is 1. The third-order valence-corrected chi connectivity index (χ3v) is 7.93. The number of pyridine rings is 1. The van der Waals surface area contributed by atoms with E-state index < -0.39 is 0 Å². The van der Waals surface area contributed by atoms with Gasteiger partial charge in [-0.05, 0) is 58.1 Å². The number of hydrogen-bond acceptors (Lipinski definition) is 4. The Kier molecular flexibility index (Phi) is 5.61. The van der Waals surface area contributed by atoms with Gasteiger partial charge in [0.15, 0.2) is 5.96 Å². The number of ether oxygens (including phenoxy) is 1. The molecule has 2 saturated carbocycles. The predicted molar refractivity (Wildman–Crippen MR) is 121 cm³/mol. The lowest BCUT2D eigenvalue weighted by atomic mass is 9.54. The lowest BCUT2D eigenvalue weighted by Gasteiger charge is -2.57. The van der Waals surface area contributed by atoms with Crippen molar-refractivity contribution in [3.63, 3.8) is 0 Å². The maximum absolute atomic E-state index is 6.16. The molecule has 30 heavy (non-hydrogen) atoms. The van der Waals surface area contributed by atoms with E-state index in [2.05, 4.69) is 47.6 Å². The first kappa shape index (κ1) is 20.1. The monoisotopic (exact) mass is 411 g/mol. The molecular formula is C24H37N5O. The number of anilines is 1. The van der Waals surface area contributed by atoms with Crippen LogP contribution in [-0.4, -0.2) is 55.4 Å². The maximum atomic E-state index is 6.16. The summed E-state index contributed by atoms with van der Waals surface area (Å²) >= 11 is 0. The molecule has 3 heterocycles. The third-order valence-electron chi connectivity index (χ3n) is 7.93. The second-order valence-corrected chi connectivity index (χ2v) is 9.67. The summed E-state index contributed by atoms with van der Waals surface area (Å²) in [5.74, 6) is 2.80. The fourth-order valence-corrected chi connectivity index (χ4v) is 6.49. The first-order valence-corrected chi connectivity index (χ1v) is 12.1. The number of fused-ring (bicyclic) bond motifs is 2. The molecule has 0 amide bonds. The van der Waals surface area contributed by atoms with Gasteiger partial charge in [-0.25, -0.2) is 4.98 Å². The van der Waals surface area contributed by atoms with Crippen molar-refractivity contribution in [3.05, 3.63) is 23.9 Å². The molecule has 2 N–H and O–H groups in total. The van der Waals surface area contributed by atoms with E-state index in [1.807, 2.05) is 0 Å². The fourth-order valence-electron chi connectivity index (χ4n) is 6.49. The van der Waals surface area contributed by atoms with Crippen molar-refractivity contribution in [1.82, 2.24) is 15.6 Å². The molecule has 0 radical (unpaired) electrons. The lowest BCUT2D eigenvalue weighted by molar-refractivity contribution is -0.125. The Morgan fingerprint density at radius 1 is 1.20 bits per heavy atom. The molecule has 4 fully saturated rings. The molecule has 1 aromatic rings. The average molecular weight is 412 g/mol. The van der Waals surface area contributed by atoms with Crippen LogP contribution in [0.4, 0.5) is 5.82 Å². The number of hydrogen-bond donors (Lipinski definition) is 2. The van der Waals surface area contributed by atoms with Crippen molar-refractivity contribution in [1.29, 1.82) is 0 Å². The number of nitrogens with one attached hydrogen (secondary N) is 2. The Morgan fingerprint density at radius 3 is 2.73 bits per heavy atom. The van der Waals surface area contributed by atoms with Crippen molar-refractivity contribution in [2.24, 2.45) is 16.3 Å². The van der Waals surface area contributed by atoms with Crippen molar-refractivity contribution < 1.29 is 4.74 Å². The zero-order chi connectivity index (χ0) is 20.6. The standard InChI is InChI=1S/C24H37N5O/c1-3-25-23(28-21-19-11-16-30-22(19)24(21)12-4-5-13-24)27-18-9-14-29(15-10-18)20-8-6-7-17(2)26-20/h6-8,18-19,21-22H,3-5,9-16H2,1-2H3,(H2,25,27,28). The highest BCUT2D eigenvalue weighted by Crippen LogP contribution is 2.60. The Labute approximate surface area is 180 Å². The Hall–Kier alpha value is -1.82. The highest BCUT2D eigenvalue weighted by Gasteiger charge is 2.65. The van der Waals surface area contributed by atoms with Crippen LogP contribution in [0.15, 0.2) is 23.2 Å². The van der Waals surface area contributed by atoms with Crippen molar-refractivity contribution in [3.8, 4) is 0 Å². The summed E-state index contributed by atoms with van der Waals surface area (Å²) in [4.78, 5) is 11.9. The van der Waals surface area contributed by atoms with Gasteiger partial charge in [-0.3, -0.25) is 4.99 Å². The first-order valence-electron chi connectivity index (χ1n) is 12.1. The van der Waals surface area contributed by atoms with Crippen LogP contribution >= 0.6 is 0 Å². The summed E-state index contributed by atoms with van der Waals surface area (Å²) in [5.41, 5.74) is 1.45. The minimum absolute atomic E-state index is 0.359. The van der Waals surface area contributed by atoms with Crippen molar-refractivity contribution in [2.45, 2.75) is 77.0 Å². The average Bonchev–Trinajstić information content (AvgIpc) is 3.42. The quantitative estimate of drug-likeness (QED) is 0.588. The smallest absolute Gasteiger partial charge is 0.191 e. The van der Waals surface area contributed by atoms with E-state index in [1.165, 1.54) is 32.1 Å². The minimum Gasteiger partial charge on any atom is -0.377 e. The van der Waals surface area contributed by atoms with Crippen LogP contribution in [0.2, 0.25) is 0 Å². The molecule has 164 valence electrons. The van der Waals surface area contributed by atoms with Crippen LogP contribution < -0.4 is 15.5 Å². The van der Waals surface area contributed by atoms with E-state index in [0.29, 0.717) is 29.5 Å². The molecule has 5 rings (SSSR count). The Bertz CT molecular complexity index is 767. The summed E-state index contributed by atoms with van der Waals surface area (Å²) in [7, 11) is 0. The highest BCUT2D eigenvalue weighted by molar-refractivity contribution is 5.81. The number of aromatic nitrogens is 1. The molecule has 3 unspecified atom stereocenters. The van der Waals surface area contributed by atoms with Crippen LogP contribution in [-0.2, 0) is 4.74 Å². The molecule has 0 aromatic carbocycles. The minimum atomic E-state index is 0.359. The number of aliphatic imine (C=N–C) groups is 1. The molecule has 3 atom stereocenters. The Morgan fingerprint density at radius 2 is 2.00 bits per heavy atom. The van der Waals surface area contributed by atoms with Crippen LogP contribution in [0.25, 0.3) is 0 Å². The Balaban J connectivity index is 1.20. The fraction of sp³-hybridized carbons (Fsp3) is 0.750. The van der Waals surface area contributed by atoms with Crippen LogP contribution in [0.5, 0.6) is 0 Å². The zero-order valence-electron chi connectivity index (χ0n) is 18.6. The van der Waals surface area contributed by atoms with Crippen LogP contribution in [0.3, 0.4) is 0 Å². The summed E-state index contributed by atoms with van der Waals surface area (Å²) in [6.07, 6.45) is 9.25. The van der Waals surface area contributed by atoms with Gasteiger partial charge >= 0.3 is 0 Å². The molecule has 0 bridgehead atoms. The maximum Gasteiger partial charge on any atom is 0.191 e. The normalized spacial score (nSPS) is 30.9. The van der Waals surface area contributed by atoms with E-state index in [-0.39, 0.29) is 0 Å². The second-order valence-electron chi connectivity index (χ2n) is 9.67. The van der Waals surface area contributed by atoms with E-state index in [1.54, 1.807) is 0 Å². The van der Waals surface area contributed by atoms with Crippen LogP contribution in [0, 0.1) is 18.3 Å². The largest absolute Gasteiger partial charge is 0.377 e.